The van der Waals surface area contributed by atoms with E-state index in [2.05, 4.69) is 10.6 Å². The van der Waals surface area contributed by atoms with Crippen LogP contribution in [0.1, 0.15) is 30.6 Å². The Balaban J connectivity index is 2.19. The molecule has 3 N–H and O–H groups in total. The van der Waals surface area contributed by atoms with Crippen molar-refractivity contribution >= 4 is 5.91 Å². The Kier molecular flexibility index (Phi) is 6.39. The predicted molar refractivity (Wildman–Crippen MR) is 72.3 cm³/mol. The highest BCUT2D eigenvalue weighted by molar-refractivity contribution is 5.75. The van der Waals surface area contributed by atoms with Crippen molar-refractivity contribution < 1.29 is 9.90 Å². The van der Waals surface area contributed by atoms with Crippen LogP contribution in [0.3, 0.4) is 0 Å². The first-order valence-electron chi connectivity index (χ1n) is 6.35. The Morgan fingerprint density at radius 1 is 1.28 bits per heavy atom. The summed E-state index contributed by atoms with van der Waals surface area (Å²) in [6.45, 7) is 5.59. The zero-order valence-electron chi connectivity index (χ0n) is 11.1. The van der Waals surface area contributed by atoms with Crippen LogP contribution in [0.5, 0.6) is 0 Å². The van der Waals surface area contributed by atoms with Crippen LogP contribution < -0.4 is 10.6 Å². The molecule has 0 fully saturated rings. The van der Waals surface area contributed by atoms with Crippen LogP contribution >= 0.6 is 0 Å². The summed E-state index contributed by atoms with van der Waals surface area (Å²) < 4.78 is 0. The maximum Gasteiger partial charge on any atom is 0.219 e. The van der Waals surface area contributed by atoms with Crippen molar-refractivity contribution in [3.63, 3.8) is 0 Å². The first-order valence-corrected chi connectivity index (χ1v) is 6.35. The largest absolute Gasteiger partial charge is 0.387 e. The van der Waals surface area contributed by atoms with Gasteiger partial charge in [0.05, 0.1) is 6.10 Å². The van der Waals surface area contributed by atoms with E-state index < -0.39 is 6.10 Å². The van der Waals surface area contributed by atoms with Crippen LogP contribution in [0.15, 0.2) is 24.3 Å². The Bertz CT molecular complexity index is 363. The zero-order valence-corrected chi connectivity index (χ0v) is 11.1. The Labute approximate surface area is 108 Å². The SMILES string of the molecule is CCC(=O)NCCNC[C@H](O)c1ccc(C)cc1. The summed E-state index contributed by atoms with van der Waals surface area (Å²) in [6.07, 6.45) is -0.00102. The van der Waals surface area contributed by atoms with Crippen molar-refractivity contribution in [1.29, 1.82) is 0 Å². The van der Waals surface area contributed by atoms with E-state index in [1.807, 2.05) is 38.1 Å². The molecule has 1 aromatic rings. The lowest BCUT2D eigenvalue weighted by atomic mass is 10.1. The molecule has 1 amide bonds. The summed E-state index contributed by atoms with van der Waals surface area (Å²) in [5.41, 5.74) is 2.09. The number of rotatable bonds is 7. The lowest BCUT2D eigenvalue weighted by Crippen LogP contribution is -2.33. The fraction of sp³-hybridized carbons (Fsp3) is 0.500. The van der Waals surface area contributed by atoms with Crippen LogP contribution in [0.4, 0.5) is 0 Å². The third kappa shape index (κ3) is 5.29. The summed E-state index contributed by atoms with van der Waals surface area (Å²) in [5.74, 6) is 0.0517. The monoisotopic (exact) mass is 250 g/mol. The van der Waals surface area contributed by atoms with E-state index in [0.717, 1.165) is 5.56 Å². The van der Waals surface area contributed by atoms with Crippen molar-refractivity contribution in [2.75, 3.05) is 19.6 Å². The van der Waals surface area contributed by atoms with Crippen LogP contribution in [-0.4, -0.2) is 30.6 Å². The third-order valence-electron chi connectivity index (χ3n) is 2.74. The molecule has 0 saturated heterocycles. The minimum Gasteiger partial charge on any atom is -0.387 e. The normalized spacial score (nSPS) is 12.2. The maximum atomic E-state index is 11.0. The van der Waals surface area contributed by atoms with Crippen molar-refractivity contribution in [2.45, 2.75) is 26.4 Å². The molecule has 100 valence electrons. The van der Waals surface area contributed by atoms with Crippen LogP contribution in [0.2, 0.25) is 0 Å². The minimum atomic E-state index is -0.507. The molecule has 0 aliphatic rings. The molecule has 4 heteroatoms. The molecule has 0 heterocycles. The van der Waals surface area contributed by atoms with E-state index in [9.17, 15) is 9.90 Å². The lowest BCUT2D eigenvalue weighted by molar-refractivity contribution is -0.120. The van der Waals surface area contributed by atoms with Crippen molar-refractivity contribution in [2.24, 2.45) is 0 Å². The van der Waals surface area contributed by atoms with Gasteiger partial charge in [-0.15, -0.1) is 0 Å². The van der Waals surface area contributed by atoms with E-state index in [-0.39, 0.29) is 5.91 Å². The number of hydrogen-bond donors (Lipinski definition) is 3. The predicted octanol–water partition coefficient (Wildman–Crippen LogP) is 1.14. The van der Waals surface area contributed by atoms with E-state index >= 15 is 0 Å². The number of aliphatic hydroxyl groups excluding tert-OH is 1. The molecule has 0 spiro atoms. The number of aliphatic hydroxyl groups is 1. The van der Waals surface area contributed by atoms with Gasteiger partial charge in [0.1, 0.15) is 0 Å². The summed E-state index contributed by atoms with van der Waals surface area (Å²) in [5, 5.41) is 15.8. The van der Waals surface area contributed by atoms with Gasteiger partial charge in [-0.05, 0) is 12.5 Å². The Morgan fingerprint density at radius 3 is 2.56 bits per heavy atom. The molecule has 0 aliphatic carbocycles. The number of nitrogens with one attached hydrogen (secondary N) is 2. The van der Waals surface area contributed by atoms with E-state index in [1.165, 1.54) is 5.56 Å². The Morgan fingerprint density at radius 2 is 1.94 bits per heavy atom. The van der Waals surface area contributed by atoms with Gasteiger partial charge in [0.15, 0.2) is 0 Å². The molecule has 0 saturated carbocycles. The summed E-state index contributed by atoms with van der Waals surface area (Å²) in [4.78, 5) is 11.0. The van der Waals surface area contributed by atoms with Crippen LogP contribution in [0, 0.1) is 6.92 Å². The zero-order chi connectivity index (χ0) is 13.4. The fourth-order valence-corrected chi connectivity index (χ4v) is 1.56. The van der Waals surface area contributed by atoms with E-state index in [1.54, 1.807) is 0 Å². The molecule has 1 rings (SSSR count). The molecule has 0 unspecified atom stereocenters. The molecule has 0 radical (unpaired) electrons. The summed E-state index contributed by atoms with van der Waals surface area (Å²) in [6, 6.07) is 7.83. The maximum absolute atomic E-state index is 11.0. The first kappa shape index (κ1) is 14.7. The van der Waals surface area contributed by atoms with Gasteiger partial charge in [0.2, 0.25) is 5.91 Å². The standard InChI is InChI=1S/C14H22N2O2/c1-3-14(18)16-9-8-15-10-13(17)12-6-4-11(2)5-7-12/h4-7,13,15,17H,3,8-10H2,1-2H3,(H,16,18)/t13-/m0/s1. The molecular formula is C14H22N2O2. The topological polar surface area (TPSA) is 61.4 Å². The highest BCUT2D eigenvalue weighted by Gasteiger charge is 2.06. The van der Waals surface area contributed by atoms with E-state index in [4.69, 9.17) is 0 Å². The van der Waals surface area contributed by atoms with Gasteiger partial charge < -0.3 is 15.7 Å². The molecule has 18 heavy (non-hydrogen) atoms. The number of carbonyl (C=O) groups is 1. The summed E-state index contributed by atoms with van der Waals surface area (Å²) >= 11 is 0. The molecule has 1 aromatic carbocycles. The molecule has 0 aliphatic heterocycles. The average Bonchev–Trinajstić information content (AvgIpc) is 2.38. The van der Waals surface area contributed by atoms with Gasteiger partial charge in [-0.3, -0.25) is 4.79 Å². The second-order valence-corrected chi connectivity index (χ2v) is 4.33. The van der Waals surface area contributed by atoms with Crippen LogP contribution in [-0.2, 0) is 4.79 Å². The van der Waals surface area contributed by atoms with E-state index in [0.29, 0.717) is 26.1 Å². The first-order chi connectivity index (χ1) is 8.63. The number of benzene rings is 1. The quantitative estimate of drug-likeness (QED) is 0.636. The second kappa shape index (κ2) is 7.84. The van der Waals surface area contributed by atoms with Gasteiger partial charge in [-0.2, -0.15) is 0 Å². The van der Waals surface area contributed by atoms with Gasteiger partial charge in [0, 0.05) is 26.1 Å². The third-order valence-corrected chi connectivity index (χ3v) is 2.74. The van der Waals surface area contributed by atoms with Gasteiger partial charge in [0.25, 0.3) is 0 Å². The molecule has 1 atom stereocenters. The number of amides is 1. The Hall–Kier alpha value is -1.39. The second-order valence-electron chi connectivity index (χ2n) is 4.33. The van der Waals surface area contributed by atoms with Crippen molar-refractivity contribution in [3.05, 3.63) is 35.4 Å². The lowest BCUT2D eigenvalue weighted by Gasteiger charge is -2.12. The highest BCUT2D eigenvalue weighted by Crippen LogP contribution is 2.12. The van der Waals surface area contributed by atoms with Gasteiger partial charge >= 0.3 is 0 Å². The van der Waals surface area contributed by atoms with Crippen molar-refractivity contribution in [3.8, 4) is 0 Å². The molecule has 4 nitrogen and oxygen atoms in total. The molecular weight excluding hydrogens is 228 g/mol. The smallest absolute Gasteiger partial charge is 0.219 e. The van der Waals surface area contributed by atoms with Crippen molar-refractivity contribution in [1.82, 2.24) is 10.6 Å². The van der Waals surface area contributed by atoms with Gasteiger partial charge in [-0.1, -0.05) is 36.8 Å². The summed E-state index contributed by atoms with van der Waals surface area (Å²) in [7, 11) is 0. The minimum absolute atomic E-state index is 0.0517. The number of carbonyl (C=O) groups excluding carboxylic acids is 1. The number of aryl methyl sites for hydroxylation is 1. The van der Waals surface area contributed by atoms with Crippen LogP contribution in [0.25, 0.3) is 0 Å². The highest BCUT2D eigenvalue weighted by atomic mass is 16.3. The average molecular weight is 250 g/mol. The molecule has 0 aromatic heterocycles. The fourth-order valence-electron chi connectivity index (χ4n) is 1.56. The number of hydrogen-bond acceptors (Lipinski definition) is 3. The van der Waals surface area contributed by atoms with Gasteiger partial charge in [-0.25, -0.2) is 0 Å². The molecule has 0 bridgehead atoms.